The first-order chi connectivity index (χ1) is 8.40. The van der Waals surface area contributed by atoms with E-state index in [1.165, 1.54) is 0 Å². The van der Waals surface area contributed by atoms with Crippen LogP contribution >= 0.6 is 12.2 Å². The molecule has 0 radical (unpaired) electrons. The Morgan fingerprint density at radius 1 is 1.22 bits per heavy atom. The van der Waals surface area contributed by atoms with Gasteiger partial charge in [-0.1, -0.05) is 12.2 Å². The molecule has 2 amide bonds. The maximum atomic E-state index is 11.4. The van der Waals surface area contributed by atoms with Crippen molar-refractivity contribution in [2.24, 2.45) is 5.73 Å². The summed E-state index contributed by atoms with van der Waals surface area (Å²) < 4.78 is 0. The van der Waals surface area contributed by atoms with Crippen LogP contribution in [0.4, 0.5) is 5.95 Å². The van der Waals surface area contributed by atoms with E-state index in [1.807, 2.05) is 0 Å². The van der Waals surface area contributed by atoms with Crippen molar-refractivity contribution in [1.82, 2.24) is 20.5 Å². The number of aromatic nitrogens is 3. The fourth-order valence-electron chi connectivity index (χ4n) is 0.916. The van der Waals surface area contributed by atoms with Crippen LogP contribution < -0.4 is 16.4 Å². The van der Waals surface area contributed by atoms with Crippen LogP contribution in [0.15, 0.2) is 0 Å². The van der Waals surface area contributed by atoms with Gasteiger partial charge in [-0.25, -0.2) is 4.98 Å². The molecule has 0 spiro atoms. The average Bonchev–Trinajstić information content (AvgIpc) is 2.30. The number of aryl methyl sites for hydroxylation is 2. The van der Waals surface area contributed by atoms with Gasteiger partial charge in [0.1, 0.15) is 0 Å². The number of nitrogens with zero attached hydrogens (tertiary/aromatic N) is 3. The number of amides is 2. The summed E-state index contributed by atoms with van der Waals surface area (Å²) in [5.41, 5.74) is 6.44. The van der Waals surface area contributed by atoms with Gasteiger partial charge in [0.05, 0.1) is 22.9 Å². The highest BCUT2D eigenvalue weighted by atomic mass is 32.1. The second kappa shape index (κ2) is 5.96. The fourth-order valence-corrected chi connectivity index (χ4v) is 0.988. The van der Waals surface area contributed by atoms with E-state index in [2.05, 4.69) is 38.0 Å². The lowest BCUT2D eigenvalue weighted by molar-refractivity contribution is -0.136. The van der Waals surface area contributed by atoms with Crippen LogP contribution in [0, 0.1) is 13.8 Å². The third kappa shape index (κ3) is 4.01. The van der Waals surface area contributed by atoms with E-state index in [9.17, 15) is 9.59 Å². The molecular weight excluding hydrogens is 256 g/mol. The van der Waals surface area contributed by atoms with Crippen molar-refractivity contribution in [1.29, 1.82) is 0 Å². The molecular formula is C9H12N6O2S. The predicted octanol–water partition coefficient (Wildman–Crippen LogP) is -1.17. The van der Waals surface area contributed by atoms with Crippen LogP contribution in [-0.4, -0.2) is 38.5 Å². The van der Waals surface area contributed by atoms with Gasteiger partial charge in [-0.2, -0.15) is 5.10 Å². The Balaban J connectivity index is 2.61. The van der Waals surface area contributed by atoms with Crippen molar-refractivity contribution in [3.63, 3.8) is 0 Å². The Bertz CT molecular complexity index is 504. The monoisotopic (exact) mass is 268 g/mol. The van der Waals surface area contributed by atoms with Gasteiger partial charge in [0.25, 0.3) is 0 Å². The molecule has 18 heavy (non-hydrogen) atoms. The van der Waals surface area contributed by atoms with Crippen LogP contribution in [0.5, 0.6) is 0 Å². The number of hydrogen-bond acceptors (Lipinski definition) is 6. The highest BCUT2D eigenvalue weighted by molar-refractivity contribution is 7.80. The van der Waals surface area contributed by atoms with Crippen LogP contribution in [0.3, 0.4) is 0 Å². The minimum Gasteiger partial charge on any atom is -0.392 e. The molecule has 0 aliphatic rings. The molecule has 0 atom stereocenters. The number of carbonyl (C=O) groups excluding carboxylic acids is 2. The van der Waals surface area contributed by atoms with Gasteiger partial charge >= 0.3 is 11.8 Å². The summed E-state index contributed by atoms with van der Waals surface area (Å²) in [7, 11) is 0. The highest BCUT2D eigenvalue weighted by Gasteiger charge is 2.15. The van der Waals surface area contributed by atoms with Crippen LogP contribution in [-0.2, 0) is 9.59 Å². The summed E-state index contributed by atoms with van der Waals surface area (Å²) in [5.74, 6) is -1.81. The molecule has 1 heterocycles. The molecule has 0 fully saturated rings. The number of carbonyl (C=O) groups is 2. The predicted molar refractivity (Wildman–Crippen MR) is 67.7 cm³/mol. The molecule has 1 aromatic rings. The molecule has 4 N–H and O–H groups in total. The number of nitrogens with one attached hydrogen (secondary N) is 2. The molecule has 0 bridgehead atoms. The summed E-state index contributed by atoms with van der Waals surface area (Å²) in [6.45, 7) is 3.40. The Morgan fingerprint density at radius 2 is 1.89 bits per heavy atom. The van der Waals surface area contributed by atoms with Gasteiger partial charge in [0.2, 0.25) is 5.95 Å². The second-order valence-corrected chi connectivity index (χ2v) is 3.93. The largest absolute Gasteiger partial charge is 0.392 e. The van der Waals surface area contributed by atoms with Crippen LogP contribution in [0.1, 0.15) is 11.4 Å². The molecule has 0 aromatic carbocycles. The molecule has 0 aliphatic heterocycles. The molecule has 8 nitrogen and oxygen atoms in total. The Labute approximate surface area is 108 Å². The summed E-state index contributed by atoms with van der Waals surface area (Å²) in [4.78, 5) is 26.7. The van der Waals surface area contributed by atoms with Crippen molar-refractivity contribution in [2.75, 3.05) is 11.9 Å². The zero-order valence-corrected chi connectivity index (χ0v) is 10.7. The summed E-state index contributed by atoms with van der Waals surface area (Å²) in [6, 6.07) is 0. The van der Waals surface area contributed by atoms with Crippen molar-refractivity contribution >= 4 is 35.0 Å². The first-order valence-corrected chi connectivity index (χ1v) is 5.36. The summed E-state index contributed by atoms with van der Waals surface area (Å²) in [5, 5.41) is 11.8. The van der Waals surface area contributed by atoms with E-state index in [4.69, 9.17) is 5.73 Å². The third-order valence-corrected chi connectivity index (χ3v) is 2.09. The Hall–Kier alpha value is -2.16. The lowest BCUT2D eigenvalue weighted by Gasteiger charge is -2.05. The van der Waals surface area contributed by atoms with E-state index >= 15 is 0 Å². The Morgan fingerprint density at radius 3 is 2.44 bits per heavy atom. The number of rotatable bonds is 3. The van der Waals surface area contributed by atoms with Crippen molar-refractivity contribution in [3.05, 3.63) is 11.4 Å². The first kappa shape index (κ1) is 13.9. The zero-order chi connectivity index (χ0) is 13.7. The lowest BCUT2D eigenvalue weighted by atomic mass is 10.4. The highest BCUT2D eigenvalue weighted by Crippen LogP contribution is 2.01. The van der Waals surface area contributed by atoms with Gasteiger partial charge in [-0.15, -0.1) is 5.10 Å². The maximum absolute atomic E-state index is 11.4. The summed E-state index contributed by atoms with van der Waals surface area (Å²) in [6.07, 6.45) is 0. The standard InChI is InChI=1S/C9H12N6O2S/c1-4-5(2)14-15-9(12-4)13-8(17)7(16)11-3-6(10)18/h3H2,1-2H3,(H2,10,18)(H,11,16)(H,12,13,15,17). The number of hydrogen-bond donors (Lipinski definition) is 3. The number of anilines is 1. The molecule has 0 saturated carbocycles. The van der Waals surface area contributed by atoms with E-state index < -0.39 is 11.8 Å². The van der Waals surface area contributed by atoms with E-state index in [-0.39, 0.29) is 17.5 Å². The second-order valence-electron chi connectivity index (χ2n) is 3.41. The van der Waals surface area contributed by atoms with Gasteiger partial charge in [0, 0.05) is 0 Å². The fraction of sp³-hybridized carbons (Fsp3) is 0.333. The van der Waals surface area contributed by atoms with Crippen molar-refractivity contribution in [3.8, 4) is 0 Å². The topological polar surface area (TPSA) is 123 Å². The van der Waals surface area contributed by atoms with E-state index in [1.54, 1.807) is 13.8 Å². The maximum Gasteiger partial charge on any atom is 0.316 e. The average molecular weight is 268 g/mol. The minimum absolute atomic E-state index is 0.0337. The molecule has 1 aromatic heterocycles. The van der Waals surface area contributed by atoms with E-state index in [0.717, 1.165) is 0 Å². The van der Waals surface area contributed by atoms with E-state index in [0.29, 0.717) is 11.4 Å². The van der Waals surface area contributed by atoms with Crippen molar-refractivity contribution < 1.29 is 9.59 Å². The third-order valence-electron chi connectivity index (χ3n) is 1.95. The SMILES string of the molecule is Cc1nnc(NC(=O)C(=O)NCC(N)=S)nc1C. The normalized spacial score (nSPS) is 9.67. The molecule has 96 valence electrons. The number of thiocarbonyl (C=S) groups is 1. The molecule has 0 unspecified atom stereocenters. The quantitative estimate of drug-likeness (QED) is 0.466. The smallest absolute Gasteiger partial charge is 0.316 e. The number of nitrogens with two attached hydrogens (primary N) is 1. The van der Waals surface area contributed by atoms with Gasteiger partial charge < -0.3 is 11.1 Å². The lowest BCUT2D eigenvalue weighted by Crippen LogP contribution is -2.39. The zero-order valence-electron chi connectivity index (χ0n) is 9.85. The van der Waals surface area contributed by atoms with Gasteiger partial charge in [-0.05, 0) is 13.8 Å². The van der Waals surface area contributed by atoms with Crippen LogP contribution in [0.25, 0.3) is 0 Å². The molecule has 0 aliphatic carbocycles. The van der Waals surface area contributed by atoms with Gasteiger partial charge in [0.15, 0.2) is 0 Å². The molecule has 1 rings (SSSR count). The van der Waals surface area contributed by atoms with Crippen molar-refractivity contribution in [2.45, 2.75) is 13.8 Å². The van der Waals surface area contributed by atoms with Crippen LogP contribution in [0.2, 0.25) is 0 Å². The summed E-state index contributed by atoms with van der Waals surface area (Å²) >= 11 is 4.56. The first-order valence-electron chi connectivity index (χ1n) is 4.95. The van der Waals surface area contributed by atoms with Gasteiger partial charge in [-0.3, -0.25) is 14.9 Å². The minimum atomic E-state index is -0.906. The Kier molecular flexibility index (Phi) is 4.60. The molecule has 9 heteroatoms. The molecule has 0 saturated heterocycles.